The monoisotopic (exact) mass is 378 g/mol. The summed E-state index contributed by atoms with van der Waals surface area (Å²) in [5, 5.41) is 24.8. The second kappa shape index (κ2) is 7.34. The number of aromatic nitrogens is 2. The highest BCUT2D eigenvalue weighted by Gasteiger charge is 2.21. The molecule has 7 nitrogen and oxygen atoms in total. The Kier molecular flexibility index (Phi) is 4.73. The van der Waals surface area contributed by atoms with Crippen LogP contribution < -0.4 is 5.32 Å². The molecule has 0 saturated heterocycles. The number of hydrogen-bond donors (Lipinski definition) is 2. The highest BCUT2D eigenvalue weighted by atomic mass is 16.5. The molecule has 1 saturated carbocycles. The minimum atomic E-state index is 0.0738. The Morgan fingerprint density at radius 2 is 1.89 bits per heavy atom. The molecule has 0 unspecified atom stereocenters. The third-order valence-electron chi connectivity index (χ3n) is 5.29. The fraction of sp³-hybridized carbons (Fsp3) is 0.286. The van der Waals surface area contributed by atoms with Crippen LogP contribution in [0, 0.1) is 11.1 Å². The highest BCUT2D eigenvalue weighted by Crippen LogP contribution is 2.28. The number of hydrogen-bond acceptors (Lipinski definition) is 4. The first-order chi connectivity index (χ1) is 13.5. The molecule has 1 amide bonds. The van der Waals surface area contributed by atoms with E-state index in [1.54, 1.807) is 36.4 Å². The van der Waals surface area contributed by atoms with Gasteiger partial charge in [-0.3, -0.25) is 4.79 Å². The molecule has 2 aromatic carbocycles. The van der Waals surface area contributed by atoms with Crippen LogP contribution in [0.15, 0.2) is 42.5 Å². The number of nitrogens with one attached hydrogen (secondary N) is 1. The van der Waals surface area contributed by atoms with Gasteiger partial charge in [0.25, 0.3) is 0 Å². The Bertz CT molecular complexity index is 1030. The summed E-state index contributed by atoms with van der Waals surface area (Å²) in [6, 6.07) is 12.0. The van der Waals surface area contributed by atoms with E-state index in [2.05, 4.69) is 17.0 Å². The van der Waals surface area contributed by atoms with Crippen LogP contribution in [0.4, 0.5) is 11.4 Å². The lowest BCUT2D eigenvalue weighted by Crippen LogP contribution is -2.24. The second-order valence-corrected chi connectivity index (χ2v) is 7.20. The lowest BCUT2D eigenvalue weighted by atomic mass is 9.88. The molecule has 1 fully saturated rings. The summed E-state index contributed by atoms with van der Waals surface area (Å²) >= 11 is 0. The first-order valence-corrected chi connectivity index (χ1v) is 9.44. The van der Waals surface area contributed by atoms with Gasteiger partial charge in [0.1, 0.15) is 12.2 Å². The van der Waals surface area contributed by atoms with Crippen LogP contribution in [0.3, 0.4) is 0 Å². The summed E-state index contributed by atoms with van der Waals surface area (Å²) in [5.41, 5.74) is 2.74. The number of fused-ring (bicyclic) bond motifs is 1. The van der Waals surface area contributed by atoms with Gasteiger partial charge in [0.15, 0.2) is 5.82 Å². The predicted molar refractivity (Wildman–Crippen MR) is 108 cm³/mol. The van der Waals surface area contributed by atoms with E-state index in [1.165, 1.54) is 12.5 Å². The van der Waals surface area contributed by atoms with Gasteiger partial charge in [-0.15, -0.1) is 0 Å². The number of benzene rings is 2. The van der Waals surface area contributed by atoms with Crippen molar-refractivity contribution in [3.63, 3.8) is 0 Å². The highest BCUT2D eigenvalue weighted by molar-refractivity contribution is 5.93. The molecular weight excluding hydrogens is 356 g/mol. The Labute approximate surface area is 162 Å². The lowest BCUT2D eigenvalue weighted by Gasteiger charge is -2.20. The molecule has 7 heteroatoms. The standard InChI is InChI=1S/C21H22N4O3/c1-24(27)17-11-12-18-19(13-17)25(28)20(23-18)14-7-9-16(10-8-14)22-21(26)15-5-3-2-4-6-15/h7-13,15,28H,1-6H2,(H,22,26). The zero-order valence-corrected chi connectivity index (χ0v) is 15.5. The average molecular weight is 378 g/mol. The number of rotatable bonds is 4. The Morgan fingerprint density at radius 1 is 1.18 bits per heavy atom. The molecule has 0 aliphatic heterocycles. The smallest absolute Gasteiger partial charge is 0.227 e. The van der Waals surface area contributed by atoms with E-state index in [1.807, 2.05) is 0 Å². The quantitative estimate of drug-likeness (QED) is 0.233. The van der Waals surface area contributed by atoms with Gasteiger partial charge < -0.3 is 15.7 Å². The van der Waals surface area contributed by atoms with Gasteiger partial charge in [0, 0.05) is 29.3 Å². The van der Waals surface area contributed by atoms with Crippen LogP contribution in [-0.2, 0) is 4.79 Å². The number of imidazole rings is 1. The van der Waals surface area contributed by atoms with Crippen LogP contribution >= 0.6 is 0 Å². The van der Waals surface area contributed by atoms with Gasteiger partial charge in [-0.2, -0.15) is 9.47 Å². The number of carbonyl (C=O) groups excluding carboxylic acids is 1. The molecule has 1 aliphatic rings. The molecule has 28 heavy (non-hydrogen) atoms. The van der Waals surface area contributed by atoms with Crippen molar-refractivity contribution >= 4 is 35.0 Å². The number of amides is 1. The maximum atomic E-state index is 12.4. The van der Waals surface area contributed by atoms with Gasteiger partial charge >= 0.3 is 0 Å². The topological polar surface area (TPSA) is 93.2 Å². The largest absolute Gasteiger partial charge is 0.619 e. The van der Waals surface area contributed by atoms with Crippen LogP contribution in [-0.4, -0.2) is 32.3 Å². The molecule has 1 aromatic heterocycles. The molecule has 144 valence electrons. The SMILES string of the molecule is C=[N+]([O-])c1ccc2nc(-c3ccc(NC(=O)C4CCCCC4)cc3)n(O)c2c1. The molecule has 0 radical (unpaired) electrons. The average Bonchev–Trinajstić information content (AvgIpc) is 3.05. The van der Waals surface area contributed by atoms with Crippen molar-refractivity contribution < 1.29 is 14.7 Å². The third-order valence-corrected chi connectivity index (χ3v) is 5.29. The van der Waals surface area contributed by atoms with Crippen LogP contribution in [0.1, 0.15) is 32.1 Å². The number of nitrogens with zero attached hydrogens (tertiary/aromatic N) is 3. The van der Waals surface area contributed by atoms with E-state index in [9.17, 15) is 15.2 Å². The number of anilines is 1. The first-order valence-electron chi connectivity index (χ1n) is 9.44. The van der Waals surface area contributed by atoms with Crippen LogP contribution in [0.5, 0.6) is 0 Å². The molecule has 1 aliphatic carbocycles. The third kappa shape index (κ3) is 3.43. The molecule has 4 rings (SSSR count). The van der Waals surface area contributed by atoms with E-state index in [4.69, 9.17) is 0 Å². The summed E-state index contributed by atoms with van der Waals surface area (Å²) in [7, 11) is 0. The first kappa shape index (κ1) is 18.0. The molecular formula is C21H22N4O3. The van der Waals surface area contributed by atoms with E-state index < -0.39 is 0 Å². The second-order valence-electron chi connectivity index (χ2n) is 7.20. The summed E-state index contributed by atoms with van der Waals surface area (Å²) in [6.07, 6.45) is 5.35. The van der Waals surface area contributed by atoms with E-state index in [-0.39, 0.29) is 11.8 Å². The minimum Gasteiger partial charge on any atom is -0.619 e. The van der Waals surface area contributed by atoms with Crippen molar-refractivity contribution in [3.05, 3.63) is 47.7 Å². The summed E-state index contributed by atoms with van der Waals surface area (Å²) in [4.78, 5) is 16.8. The number of carbonyl (C=O) groups is 1. The molecule has 0 bridgehead atoms. The lowest BCUT2D eigenvalue weighted by molar-refractivity contribution is -0.349. The van der Waals surface area contributed by atoms with Gasteiger partial charge in [-0.1, -0.05) is 19.3 Å². The van der Waals surface area contributed by atoms with Crippen LogP contribution in [0.25, 0.3) is 22.4 Å². The molecule has 0 atom stereocenters. The van der Waals surface area contributed by atoms with Gasteiger partial charge in [0.05, 0.1) is 5.52 Å². The van der Waals surface area contributed by atoms with E-state index >= 15 is 0 Å². The molecule has 0 spiro atoms. The van der Waals surface area contributed by atoms with Gasteiger partial charge in [-0.25, -0.2) is 4.98 Å². The minimum absolute atomic E-state index is 0.0738. The normalized spacial score (nSPS) is 14.9. The van der Waals surface area contributed by atoms with Gasteiger partial charge in [0.2, 0.25) is 11.6 Å². The van der Waals surface area contributed by atoms with Gasteiger partial charge in [-0.05, 0) is 43.2 Å². The fourth-order valence-corrected chi connectivity index (χ4v) is 3.71. The van der Waals surface area contributed by atoms with Crippen molar-refractivity contribution in [3.8, 4) is 11.4 Å². The zero-order valence-electron chi connectivity index (χ0n) is 15.5. The van der Waals surface area contributed by atoms with Crippen LogP contribution in [0.2, 0.25) is 0 Å². The maximum Gasteiger partial charge on any atom is 0.227 e. The van der Waals surface area contributed by atoms with Crippen molar-refractivity contribution in [2.45, 2.75) is 32.1 Å². The summed E-state index contributed by atoms with van der Waals surface area (Å²) in [6.45, 7) is 3.31. The Hall–Kier alpha value is -3.35. The molecule has 1 heterocycles. The van der Waals surface area contributed by atoms with Crippen molar-refractivity contribution in [1.29, 1.82) is 0 Å². The van der Waals surface area contributed by atoms with Crippen molar-refractivity contribution in [2.75, 3.05) is 5.32 Å². The fourth-order valence-electron chi connectivity index (χ4n) is 3.71. The Balaban J connectivity index is 1.56. The Morgan fingerprint density at radius 3 is 2.57 bits per heavy atom. The van der Waals surface area contributed by atoms with Crippen molar-refractivity contribution in [2.24, 2.45) is 5.92 Å². The summed E-state index contributed by atoms with van der Waals surface area (Å²) in [5.74, 6) is 0.529. The van der Waals surface area contributed by atoms with Crippen molar-refractivity contribution in [1.82, 2.24) is 9.71 Å². The predicted octanol–water partition coefficient (Wildman–Crippen LogP) is 4.30. The molecule has 2 N–H and O–H groups in total. The maximum absolute atomic E-state index is 12.4. The summed E-state index contributed by atoms with van der Waals surface area (Å²) < 4.78 is 1.44. The zero-order chi connectivity index (χ0) is 19.7. The molecule has 3 aromatic rings. The van der Waals surface area contributed by atoms with E-state index in [0.717, 1.165) is 36.1 Å². The van der Waals surface area contributed by atoms with E-state index in [0.29, 0.717) is 32.8 Å².